The highest BCUT2D eigenvalue weighted by Gasteiger charge is 2.17. The topological polar surface area (TPSA) is 12.0 Å². The number of benzene rings is 2. The van der Waals surface area contributed by atoms with Gasteiger partial charge < -0.3 is 5.32 Å². The molecule has 2 aromatic rings. The Kier molecular flexibility index (Phi) is 2.88. The van der Waals surface area contributed by atoms with Gasteiger partial charge >= 0.3 is 0 Å². The van der Waals surface area contributed by atoms with Crippen molar-refractivity contribution in [2.45, 2.75) is 10.3 Å². The Balaban J connectivity index is 1.72. The van der Waals surface area contributed by atoms with Crippen LogP contribution in [0, 0.1) is 0 Å². The Bertz CT molecular complexity index is 509. The fourth-order valence-corrected chi connectivity index (χ4v) is 2.89. The van der Waals surface area contributed by atoms with E-state index in [0.717, 1.165) is 0 Å². The third kappa shape index (κ3) is 2.37. The SMILES string of the molecule is C(=C\C1Nc2ccccc2S1)/c1ccccc1. The standard InChI is InChI=1S/C15H13NS/c1-2-6-12(7-3-1)10-11-15-16-13-8-4-5-9-14(13)17-15/h1-11,15-16H/b11-10+. The van der Waals surface area contributed by atoms with Crippen molar-refractivity contribution in [2.75, 3.05) is 5.32 Å². The molecule has 2 aromatic carbocycles. The van der Waals surface area contributed by atoms with Crippen molar-refractivity contribution in [3.05, 3.63) is 66.2 Å². The highest BCUT2D eigenvalue weighted by molar-refractivity contribution is 8.00. The average Bonchev–Trinajstić information content (AvgIpc) is 2.80. The van der Waals surface area contributed by atoms with Crippen LogP contribution in [0.15, 0.2) is 65.6 Å². The van der Waals surface area contributed by atoms with Crippen LogP contribution in [0.25, 0.3) is 6.08 Å². The molecule has 1 heterocycles. The van der Waals surface area contributed by atoms with E-state index in [9.17, 15) is 0 Å². The molecular formula is C15H13NS. The van der Waals surface area contributed by atoms with E-state index in [1.807, 2.05) is 17.8 Å². The molecule has 0 spiro atoms. The van der Waals surface area contributed by atoms with Gasteiger partial charge in [-0.2, -0.15) is 0 Å². The lowest BCUT2D eigenvalue weighted by Crippen LogP contribution is -2.05. The maximum absolute atomic E-state index is 3.48. The Morgan fingerprint density at radius 2 is 1.71 bits per heavy atom. The predicted octanol–water partition coefficient (Wildman–Crippen LogP) is 4.24. The van der Waals surface area contributed by atoms with Gasteiger partial charge in [-0.05, 0) is 17.7 Å². The molecule has 0 aromatic heterocycles. The molecule has 1 atom stereocenters. The molecule has 84 valence electrons. The van der Waals surface area contributed by atoms with E-state index in [1.165, 1.54) is 16.1 Å². The second-order valence-corrected chi connectivity index (χ2v) is 5.13. The largest absolute Gasteiger partial charge is 0.369 e. The number of para-hydroxylation sites is 1. The fourth-order valence-electron chi connectivity index (χ4n) is 1.86. The highest BCUT2D eigenvalue weighted by atomic mass is 32.2. The van der Waals surface area contributed by atoms with Crippen molar-refractivity contribution in [3.8, 4) is 0 Å². The van der Waals surface area contributed by atoms with Gasteiger partial charge in [-0.25, -0.2) is 0 Å². The molecule has 1 aliphatic rings. The Hall–Kier alpha value is -1.67. The maximum atomic E-state index is 3.48. The number of nitrogens with one attached hydrogen (secondary N) is 1. The summed E-state index contributed by atoms with van der Waals surface area (Å²) < 4.78 is 0. The molecule has 0 amide bonds. The Morgan fingerprint density at radius 1 is 0.941 bits per heavy atom. The highest BCUT2D eigenvalue weighted by Crippen LogP contribution is 2.38. The molecule has 1 aliphatic heterocycles. The number of hydrogen-bond donors (Lipinski definition) is 1. The van der Waals surface area contributed by atoms with Crippen LogP contribution in [0.2, 0.25) is 0 Å². The van der Waals surface area contributed by atoms with Crippen LogP contribution in [-0.4, -0.2) is 5.37 Å². The van der Waals surface area contributed by atoms with Crippen LogP contribution in [0.1, 0.15) is 5.56 Å². The van der Waals surface area contributed by atoms with Gasteiger partial charge in [0.15, 0.2) is 0 Å². The van der Waals surface area contributed by atoms with Crippen LogP contribution in [0.3, 0.4) is 0 Å². The summed E-state index contributed by atoms with van der Waals surface area (Å²) >= 11 is 1.86. The number of hydrogen-bond acceptors (Lipinski definition) is 2. The normalized spacial score (nSPS) is 18.0. The first-order valence-corrected chi connectivity index (χ1v) is 6.55. The van der Waals surface area contributed by atoms with Gasteiger partial charge in [-0.3, -0.25) is 0 Å². The molecule has 0 radical (unpaired) electrons. The van der Waals surface area contributed by atoms with Crippen molar-refractivity contribution in [1.82, 2.24) is 0 Å². The predicted molar refractivity (Wildman–Crippen MR) is 75.2 cm³/mol. The van der Waals surface area contributed by atoms with Crippen molar-refractivity contribution < 1.29 is 0 Å². The lowest BCUT2D eigenvalue weighted by molar-refractivity contribution is 1.28. The van der Waals surface area contributed by atoms with Crippen LogP contribution >= 0.6 is 11.8 Å². The first-order valence-electron chi connectivity index (χ1n) is 5.67. The Labute approximate surface area is 106 Å². The number of rotatable bonds is 2. The van der Waals surface area contributed by atoms with E-state index >= 15 is 0 Å². The fraction of sp³-hybridized carbons (Fsp3) is 0.0667. The molecule has 0 aliphatic carbocycles. The van der Waals surface area contributed by atoms with Crippen molar-refractivity contribution in [2.24, 2.45) is 0 Å². The summed E-state index contributed by atoms with van der Waals surface area (Å²) in [6.07, 6.45) is 4.37. The van der Waals surface area contributed by atoms with E-state index in [0.29, 0.717) is 5.37 Å². The van der Waals surface area contributed by atoms with Crippen LogP contribution < -0.4 is 5.32 Å². The van der Waals surface area contributed by atoms with Gasteiger partial charge in [-0.1, -0.05) is 66.4 Å². The van der Waals surface area contributed by atoms with Crippen molar-refractivity contribution in [1.29, 1.82) is 0 Å². The first-order chi connectivity index (χ1) is 8.42. The monoisotopic (exact) mass is 239 g/mol. The molecule has 0 saturated heterocycles. The molecule has 1 unspecified atom stereocenters. The second-order valence-electron chi connectivity index (χ2n) is 3.95. The summed E-state index contributed by atoms with van der Waals surface area (Å²) in [5.41, 5.74) is 2.48. The third-order valence-electron chi connectivity index (χ3n) is 2.70. The molecule has 2 heteroatoms. The number of fused-ring (bicyclic) bond motifs is 1. The molecule has 1 nitrogen and oxygen atoms in total. The minimum Gasteiger partial charge on any atom is -0.369 e. The number of anilines is 1. The average molecular weight is 239 g/mol. The smallest absolute Gasteiger partial charge is 0.0960 e. The third-order valence-corrected chi connectivity index (χ3v) is 3.84. The van der Waals surface area contributed by atoms with E-state index in [-0.39, 0.29) is 0 Å². The first kappa shape index (κ1) is 10.5. The van der Waals surface area contributed by atoms with Crippen LogP contribution in [0.4, 0.5) is 5.69 Å². The molecule has 1 N–H and O–H groups in total. The van der Waals surface area contributed by atoms with E-state index < -0.39 is 0 Å². The summed E-state index contributed by atoms with van der Waals surface area (Å²) in [4.78, 5) is 1.33. The van der Waals surface area contributed by atoms with Gasteiger partial charge in [-0.15, -0.1) is 0 Å². The Morgan fingerprint density at radius 3 is 2.53 bits per heavy atom. The second kappa shape index (κ2) is 4.68. The zero-order chi connectivity index (χ0) is 11.5. The van der Waals surface area contributed by atoms with Crippen LogP contribution in [0.5, 0.6) is 0 Å². The minimum atomic E-state index is 0.340. The quantitative estimate of drug-likeness (QED) is 0.841. The van der Waals surface area contributed by atoms with Gasteiger partial charge in [0.2, 0.25) is 0 Å². The van der Waals surface area contributed by atoms with Gasteiger partial charge in [0, 0.05) is 10.6 Å². The molecule has 17 heavy (non-hydrogen) atoms. The van der Waals surface area contributed by atoms with E-state index in [1.54, 1.807) is 0 Å². The summed E-state index contributed by atoms with van der Waals surface area (Å²) in [7, 11) is 0. The zero-order valence-electron chi connectivity index (χ0n) is 9.34. The lowest BCUT2D eigenvalue weighted by Gasteiger charge is -2.03. The van der Waals surface area contributed by atoms with E-state index in [4.69, 9.17) is 0 Å². The summed E-state index contributed by atoms with van der Waals surface area (Å²) in [5, 5.41) is 3.82. The molecule has 3 rings (SSSR count). The number of thioether (sulfide) groups is 1. The molecule has 0 bridgehead atoms. The van der Waals surface area contributed by atoms with Gasteiger partial charge in [0.1, 0.15) is 0 Å². The zero-order valence-corrected chi connectivity index (χ0v) is 10.2. The molecular weight excluding hydrogens is 226 g/mol. The summed E-state index contributed by atoms with van der Waals surface area (Å²) in [6, 6.07) is 18.8. The van der Waals surface area contributed by atoms with Gasteiger partial charge in [0.05, 0.1) is 5.37 Å². The van der Waals surface area contributed by atoms with Crippen LogP contribution in [-0.2, 0) is 0 Å². The van der Waals surface area contributed by atoms with Crippen molar-refractivity contribution in [3.63, 3.8) is 0 Å². The minimum absolute atomic E-state index is 0.340. The summed E-state index contributed by atoms with van der Waals surface area (Å²) in [6.45, 7) is 0. The molecule has 0 saturated carbocycles. The molecule has 0 fully saturated rings. The van der Waals surface area contributed by atoms with E-state index in [2.05, 4.69) is 66.0 Å². The van der Waals surface area contributed by atoms with Crippen molar-refractivity contribution >= 4 is 23.5 Å². The van der Waals surface area contributed by atoms with Gasteiger partial charge in [0.25, 0.3) is 0 Å². The summed E-state index contributed by atoms with van der Waals surface area (Å²) in [5.74, 6) is 0. The maximum Gasteiger partial charge on any atom is 0.0960 e. The lowest BCUT2D eigenvalue weighted by atomic mass is 10.2.